The minimum Gasteiger partial charge on any atom is -0.330 e. The maximum absolute atomic E-state index is 11.9. The van der Waals surface area contributed by atoms with Crippen molar-refractivity contribution in [2.24, 2.45) is 12.8 Å². The van der Waals surface area contributed by atoms with Crippen LogP contribution < -0.4 is 5.73 Å². The topological polar surface area (TPSA) is 64.2 Å². The van der Waals surface area contributed by atoms with Crippen LogP contribution in [-0.4, -0.2) is 32.7 Å². The predicted octanol–water partition coefficient (Wildman–Crippen LogP) is 0.738. The number of carbonyl (C=O) groups is 1. The van der Waals surface area contributed by atoms with Gasteiger partial charge in [0.05, 0.1) is 11.7 Å². The summed E-state index contributed by atoms with van der Waals surface area (Å²) < 4.78 is 1.82. The Morgan fingerprint density at radius 1 is 1.53 bits per heavy atom. The molecule has 17 heavy (non-hydrogen) atoms. The summed E-state index contributed by atoms with van der Waals surface area (Å²) >= 11 is 0. The SMILES string of the molecule is Cc1cc([C@@H]2[C@@H](N)CC(=O)N2C(C)C)nn1C. The first-order valence-electron chi connectivity index (χ1n) is 5.99. The number of likely N-dealkylation sites (tertiary alicyclic amines) is 1. The quantitative estimate of drug-likeness (QED) is 0.823. The Bertz CT molecular complexity index is 418. The van der Waals surface area contributed by atoms with Gasteiger partial charge in [-0.1, -0.05) is 0 Å². The van der Waals surface area contributed by atoms with E-state index in [-0.39, 0.29) is 24.0 Å². The Morgan fingerprint density at radius 3 is 2.65 bits per heavy atom. The minimum absolute atomic E-state index is 0.0811. The molecule has 1 amide bonds. The third-order valence-electron chi connectivity index (χ3n) is 3.40. The van der Waals surface area contributed by atoms with Crippen LogP contribution in [0.2, 0.25) is 0 Å². The summed E-state index contributed by atoms with van der Waals surface area (Å²) in [5.74, 6) is 0.126. The van der Waals surface area contributed by atoms with E-state index in [0.717, 1.165) is 11.4 Å². The van der Waals surface area contributed by atoms with Crippen LogP contribution in [-0.2, 0) is 11.8 Å². The number of aryl methyl sites for hydroxylation is 2. The molecular weight excluding hydrogens is 216 g/mol. The van der Waals surface area contributed by atoms with Crippen LogP contribution in [0.3, 0.4) is 0 Å². The van der Waals surface area contributed by atoms with Gasteiger partial charge in [-0.15, -0.1) is 0 Å². The third-order valence-corrected chi connectivity index (χ3v) is 3.40. The van der Waals surface area contributed by atoms with Gasteiger partial charge in [0, 0.05) is 31.2 Å². The van der Waals surface area contributed by atoms with Crippen molar-refractivity contribution in [2.75, 3.05) is 0 Å². The standard InChI is InChI=1S/C12H20N4O/c1-7(2)16-11(17)6-9(13)12(16)10-5-8(3)15(4)14-10/h5,7,9,12H,6,13H2,1-4H3/t9-,12-/m0/s1. The molecule has 0 aliphatic carbocycles. The summed E-state index contributed by atoms with van der Waals surface area (Å²) in [6.07, 6.45) is 0.415. The van der Waals surface area contributed by atoms with Crippen LogP contribution >= 0.6 is 0 Å². The van der Waals surface area contributed by atoms with Crippen LogP contribution in [0.5, 0.6) is 0 Å². The number of nitrogens with zero attached hydrogens (tertiary/aromatic N) is 3. The zero-order valence-corrected chi connectivity index (χ0v) is 10.8. The summed E-state index contributed by atoms with van der Waals surface area (Å²) in [6, 6.07) is 1.93. The monoisotopic (exact) mass is 236 g/mol. The second-order valence-corrected chi connectivity index (χ2v) is 5.04. The molecule has 0 radical (unpaired) electrons. The number of carbonyl (C=O) groups excluding carboxylic acids is 1. The van der Waals surface area contributed by atoms with Crippen molar-refractivity contribution in [2.45, 2.75) is 45.3 Å². The lowest BCUT2D eigenvalue weighted by atomic mass is 10.1. The summed E-state index contributed by atoms with van der Waals surface area (Å²) in [6.45, 7) is 6.02. The van der Waals surface area contributed by atoms with E-state index in [1.165, 1.54) is 0 Å². The molecule has 1 saturated heterocycles. The molecule has 1 fully saturated rings. The van der Waals surface area contributed by atoms with E-state index in [2.05, 4.69) is 5.10 Å². The molecule has 2 heterocycles. The molecule has 5 nitrogen and oxygen atoms in total. The lowest BCUT2D eigenvalue weighted by molar-refractivity contribution is -0.130. The summed E-state index contributed by atoms with van der Waals surface area (Å²) in [7, 11) is 1.90. The average Bonchev–Trinajstić information content (AvgIpc) is 2.68. The molecule has 1 aromatic heterocycles. The maximum Gasteiger partial charge on any atom is 0.225 e. The maximum atomic E-state index is 11.9. The molecule has 94 valence electrons. The predicted molar refractivity (Wildman–Crippen MR) is 65.3 cm³/mol. The minimum atomic E-state index is -0.154. The lowest BCUT2D eigenvalue weighted by Gasteiger charge is -2.29. The largest absolute Gasteiger partial charge is 0.330 e. The first-order valence-corrected chi connectivity index (χ1v) is 5.99. The van der Waals surface area contributed by atoms with Crippen molar-refractivity contribution in [1.82, 2.24) is 14.7 Å². The van der Waals surface area contributed by atoms with Crippen LogP contribution in [0.15, 0.2) is 6.07 Å². The van der Waals surface area contributed by atoms with Crippen LogP contribution in [0.25, 0.3) is 0 Å². The number of hydrogen-bond donors (Lipinski definition) is 1. The van der Waals surface area contributed by atoms with E-state index in [1.54, 1.807) is 0 Å². The van der Waals surface area contributed by atoms with Gasteiger partial charge in [-0.25, -0.2) is 0 Å². The molecule has 0 spiro atoms. The van der Waals surface area contributed by atoms with Crippen molar-refractivity contribution in [3.05, 3.63) is 17.5 Å². The molecule has 0 unspecified atom stereocenters. The highest BCUT2D eigenvalue weighted by molar-refractivity contribution is 5.80. The van der Waals surface area contributed by atoms with E-state index in [9.17, 15) is 4.79 Å². The Morgan fingerprint density at radius 2 is 2.18 bits per heavy atom. The van der Waals surface area contributed by atoms with Gasteiger partial charge in [-0.2, -0.15) is 5.10 Å². The first kappa shape index (κ1) is 12.1. The molecule has 0 aromatic carbocycles. The zero-order chi connectivity index (χ0) is 12.7. The second-order valence-electron chi connectivity index (χ2n) is 5.04. The average molecular weight is 236 g/mol. The van der Waals surface area contributed by atoms with Gasteiger partial charge in [0.1, 0.15) is 0 Å². The second kappa shape index (κ2) is 4.14. The number of aromatic nitrogens is 2. The highest BCUT2D eigenvalue weighted by atomic mass is 16.2. The van der Waals surface area contributed by atoms with Crippen LogP contribution in [0.4, 0.5) is 0 Å². The van der Waals surface area contributed by atoms with Gasteiger partial charge in [0.25, 0.3) is 0 Å². The molecule has 1 aliphatic heterocycles. The van der Waals surface area contributed by atoms with Gasteiger partial charge in [-0.3, -0.25) is 9.48 Å². The van der Waals surface area contributed by atoms with Gasteiger partial charge in [0.2, 0.25) is 5.91 Å². The fourth-order valence-corrected chi connectivity index (χ4v) is 2.48. The highest BCUT2D eigenvalue weighted by Crippen LogP contribution is 2.33. The number of rotatable bonds is 2. The van der Waals surface area contributed by atoms with Crippen molar-refractivity contribution < 1.29 is 4.79 Å². The number of amides is 1. The van der Waals surface area contributed by atoms with Crippen molar-refractivity contribution in [3.8, 4) is 0 Å². The zero-order valence-electron chi connectivity index (χ0n) is 10.8. The fraction of sp³-hybridized carbons (Fsp3) is 0.667. The van der Waals surface area contributed by atoms with Gasteiger partial charge in [0.15, 0.2) is 0 Å². The smallest absolute Gasteiger partial charge is 0.225 e. The van der Waals surface area contributed by atoms with E-state index in [4.69, 9.17) is 5.73 Å². The fourth-order valence-electron chi connectivity index (χ4n) is 2.48. The molecule has 2 N–H and O–H groups in total. The van der Waals surface area contributed by atoms with Crippen molar-refractivity contribution >= 4 is 5.91 Å². The summed E-state index contributed by atoms with van der Waals surface area (Å²) in [5.41, 5.74) is 8.06. The van der Waals surface area contributed by atoms with E-state index in [1.807, 2.05) is 43.5 Å². The molecule has 1 aromatic rings. The number of nitrogens with two attached hydrogens (primary N) is 1. The van der Waals surface area contributed by atoms with Crippen LogP contribution in [0, 0.1) is 6.92 Å². The van der Waals surface area contributed by atoms with E-state index >= 15 is 0 Å². The van der Waals surface area contributed by atoms with Crippen molar-refractivity contribution in [1.29, 1.82) is 0 Å². The third kappa shape index (κ3) is 1.95. The van der Waals surface area contributed by atoms with Gasteiger partial charge >= 0.3 is 0 Å². The molecular formula is C12H20N4O. The molecule has 1 aliphatic rings. The Kier molecular flexibility index (Phi) is 2.95. The van der Waals surface area contributed by atoms with E-state index < -0.39 is 0 Å². The summed E-state index contributed by atoms with van der Waals surface area (Å²) in [5, 5.41) is 4.45. The molecule has 5 heteroatoms. The lowest BCUT2D eigenvalue weighted by Crippen LogP contribution is -2.37. The van der Waals surface area contributed by atoms with E-state index in [0.29, 0.717) is 6.42 Å². The van der Waals surface area contributed by atoms with Crippen LogP contribution in [0.1, 0.15) is 37.7 Å². The molecule has 0 saturated carbocycles. The van der Waals surface area contributed by atoms with Gasteiger partial charge in [-0.05, 0) is 26.8 Å². The molecule has 2 atom stereocenters. The Labute approximate surface area is 102 Å². The Balaban J connectivity index is 2.38. The number of hydrogen-bond acceptors (Lipinski definition) is 3. The normalized spacial score (nSPS) is 25.1. The molecule has 2 rings (SSSR count). The first-order chi connectivity index (χ1) is 7.91. The van der Waals surface area contributed by atoms with Crippen molar-refractivity contribution in [3.63, 3.8) is 0 Å². The molecule has 0 bridgehead atoms. The Hall–Kier alpha value is -1.36. The highest BCUT2D eigenvalue weighted by Gasteiger charge is 2.41. The summed E-state index contributed by atoms with van der Waals surface area (Å²) in [4.78, 5) is 13.8. The van der Waals surface area contributed by atoms with Gasteiger partial charge < -0.3 is 10.6 Å².